The second-order valence-electron chi connectivity index (χ2n) is 5.10. The SMILES string of the molecule is CNc1nc(NCC2(SC)CCC2)nc(-n2ccnc2)n1. The van der Waals surface area contributed by atoms with Gasteiger partial charge in [-0.05, 0) is 19.1 Å². The van der Waals surface area contributed by atoms with Gasteiger partial charge in [0.05, 0.1) is 0 Å². The average Bonchev–Trinajstić information content (AvgIpc) is 3.00. The Morgan fingerprint density at radius 1 is 1.29 bits per heavy atom. The summed E-state index contributed by atoms with van der Waals surface area (Å²) in [5.41, 5.74) is 0. The van der Waals surface area contributed by atoms with Gasteiger partial charge in [-0.25, -0.2) is 4.98 Å². The van der Waals surface area contributed by atoms with Crippen molar-refractivity contribution in [2.75, 3.05) is 30.5 Å². The van der Waals surface area contributed by atoms with Crippen LogP contribution in [0, 0.1) is 0 Å². The molecule has 1 fully saturated rings. The molecule has 0 spiro atoms. The van der Waals surface area contributed by atoms with Crippen LogP contribution >= 0.6 is 11.8 Å². The molecule has 2 aromatic rings. The van der Waals surface area contributed by atoms with Gasteiger partial charge in [-0.3, -0.25) is 4.57 Å². The van der Waals surface area contributed by atoms with E-state index >= 15 is 0 Å². The highest BCUT2D eigenvalue weighted by Crippen LogP contribution is 2.42. The lowest BCUT2D eigenvalue weighted by molar-refractivity contribution is 0.379. The Kier molecular flexibility index (Phi) is 3.96. The summed E-state index contributed by atoms with van der Waals surface area (Å²) in [6.45, 7) is 0.880. The molecule has 0 saturated heterocycles. The van der Waals surface area contributed by atoms with Crippen molar-refractivity contribution in [2.45, 2.75) is 24.0 Å². The predicted molar refractivity (Wildman–Crippen MR) is 85.1 cm³/mol. The van der Waals surface area contributed by atoms with Crippen molar-refractivity contribution in [1.29, 1.82) is 0 Å². The van der Waals surface area contributed by atoms with Gasteiger partial charge in [0, 0.05) is 30.7 Å². The highest BCUT2D eigenvalue weighted by atomic mass is 32.2. The van der Waals surface area contributed by atoms with Crippen LogP contribution in [0.15, 0.2) is 18.7 Å². The Morgan fingerprint density at radius 2 is 2.10 bits per heavy atom. The van der Waals surface area contributed by atoms with E-state index in [-0.39, 0.29) is 0 Å². The van der Waals surface area contributed by atoms with Crippen LogP contribution in [0.5, 0.6) is 0 Å². The lowest BCUT2D eigenvalue weighted by atomic mass is 9.84. The standard InChI is InChI=1S/C13H19N7S/c1-14-10-17-11(16-8-13(21-2)4-3-5-13)19-12(18-10)20-7-6-15-9-20/h6-7,9H,3-5,8H2,1-2H3,(H2,14,16,17,18,19). The van der Waals surface area contributed by atoms with E-state index in [0.717, 1.165) is 6.54 Å². The highest BCUT2D eigenvalue weighted by molar-refractivity contribution is 8.00. The van der Waals surface area contributed by atoms with Gasteiger partial charge < -0.3 is 10.6 Å². The van der Waals surface area contributed by atoms with E-state index in [0.29, 0.717) is 22.6 Å². The zero-order valence-electron chi connectivity index (χ0n) is 12.2. The molecular formula is C13H19N7S. The fraction of sp³-hybridized carbons (Fsp3) is 0.538. The maximum Gasteiger partial charge on any atom is 0.241 e. The molecule has 2 aromatic heterocycles. The number of hydrogen-bond donors (Lipinski definition) is 2. The molecule has 0 bridgehead atoms. The van der Waals surface area contributed by atoms with Gasteiger partial charge in [0.15, 0.2) is 0 Å². The third kappa shape index (κ3) is 2.94. The Balaban J connectivity index is 1.79. The van der Waals surface area contributed by atoms with E-state index in [2.05, 4.69) is 36.8 Å². The molecule has 112 valence electrons. The molecule has 0 aromatic carbocycles. The molecule has 7 nitrogen and oxygen atoms in total. The molecular weight excluding hydrogens is 286 g/mol. The third-order valence-corrected chi connectivity index (χ3v) is 5.27. The number of aromatic nitrogens is 5. The van der Waals surface area contributed by atoms with E-state index in [9.17, 15) is 0 Å². The lowest BCUT2D eigenvalue weighted by Crippen LogP contribution is -2.40. The van der Waals surface area contributed by atoms with Crippen LogP contribution in [0.3, 0.4) is 0 Å². The summed E-state index contributed by atoms with van der Waals surface area (Å²) in [7, 11) is 1.80. The number of rotatable bonds is 6. The normalized spacial score (nSPS) is 16.3. The van der Waals surface area contributed by atoms with E-state index in [1.54, 1.807) is 24.1 Å². The Labute approximate surface area is 128 Å². The van der Waals surface area contributed by atoms with Crippen molar-refractivity contribution in [1.82, 2.24) is 24.5 Å². The molecule has 21 heavy (non-hydrogen) atoms. The number of thioether (sulfide) groups is 1. The van der Waals surface area contributed by atoms with Gasteiger partial charge in [-0.15, -0.1) is 0 Å². The molecule has 0 unspecified atom stereocenters. The molecule has 1 aliphatic rings. The summed E-state index contributed by atoms with van der Waals surface area (Å²) in [5, 5.41) is 6.33. The fourth-order valence-corrected chi connectivity index (χ4v) is 3.23. The van der Waals surface area contributed by atoms with E-state index in [1.807, 2.05) is 18.0 Å². The quantitative estimate of drug-likeness (QED) is 0.842. The Morgan fingerprint density at radius 3 is 2.67 bits per heavy atom. The minimum absolute atomic E-state index is 0.335. The molecule has 3 rings (SSSR count). The van der Waals surface area contributed by atoms with Crippen LogP contribution in [-0.2, 0) is 0 Å². The first kappa shape index (κ1) is 14.1. The summed E-state index contributed by atoms with van der Waals surface area (Å²) < 4.78 is 2.10. The van der Waals surface area contributed by atoms with Crippen LogP contribution in [0.1, 0.15) is 19.3 Å². The molecule has 0 radical (unpaired) electrons. The first-order valence-electron chi connectivity index (χ1n) is 6.96. The summed E-state index contributed by atoms with van der Waals surface area (Å²) >= 11 is 1.93. The second kappa shape index (κ2) is 5.88. The van der Waals surface area contributed by atoms with Gasteiger partial charge in [-0.2, -0.15) is 26.7 Å². The number of hydrogen-bond acceptors (Lipinski definition) is 7. The average molecular weight is 305 g/mol. The number of anilines is 2. The third-order valence-electron chi connectivity index (χ3n) is 3.85. The van der Waals surface area contributed by atoms with Gasteiger partial charge in [-0.1, -0.05) is 6.42 Å². The number of imidazole rings is 1. The predicted octanol–water partition coefficient (Wildman–Crippen LogP) is 1.80. The van der Waals surface area contributed by atoms with Crippen LogP contribution in [0.4, 0.5) is 11.9 Å². The minimum atomic E-state index is 0.335. The first-order valence-corrected chi connectivity index (χ1v) is 8.18. The zero-order valence-corrected chi connectivity index (χ0v) is 13.0. The highest BCUT2D eigenvalue weighted by Gasteiger charge is 2.36. The second-order valence-corrected chi connectivity index (χ2v) is 6.37. The van der Waals surface area contributed by atoms with Crippen molar-refractivity contribution in [3.05, 3.63) is 18.7 Å². The molecule has 1 aliphatic carbocycles. The van der Waals surface area contributed by atoms with Crippen molar-refractivity contribution in [3.63, 3.8) is 0 Å². The van der Waals surface area contributed by atoms with E-state index in [1.165, 1.54) is 19.3 Å². The van der Waals surface area contributed by atoms with Gasteiger partial charge in [0.2, 0.25) is 17.8 Å². The summed E-state index contributed by atoms with van der Waals surface area (Å²) in [6, 6.07) is 0. The minimum Gasteiger partial charge on any atom is -0.357 e. The molecule has 1 saturated carbocycles. The zero-order chi connectivity index (χ0) is 14.7. The molecule has 2 heterocycles. The van der Waals surface area contributed by atoms with E-state index in [4.69, 9.17) is 0 Å². The van der Waals surface area contributed by atoms with E-state index < -0.39 is 0 Å². The maximum atomic E-state index is 4.46. The van der Waals surface area contributed by atoms with Crippen molar-refractivity contribution < 1.29 is 0 Å². The largest absolute Gasteiger partial charge is 0.357 e. The summed E-state index contributed by atoms with van der Waals surface area (Å²) in [6.07, 6.45) is 11.2. The monoisotopic (exact) mass is 305 g/mol. The topological polar surface area (TPSA) is 80.5 Å². The van der Waals surface area contributed by atoms with Crippen LogP contribution in [0.2, 0.25) is 0 Å². The van der Waals surface area contributed by atoms with Crippen LogP contribution < -0.4 is 10.6 Å². The van der Waals surface area contributed by atoms with Gasteiger partial charge in [0.25, 0.3) is 0 Å². The number of nitrogens with one attached hydrogen (secondary N) is 2. The maximum absolute atomic E-state index is 4.46. The lowest BCUT2D eigenvalue weighted by Gasteiger charge is -2.40. The van der Waals surface area contributed by atoms with Gasteiger partial charge >= 0.3 is 0 Å². The summed E-state index contributed by atoms with van der Waals surface area (Å²) in [5.74, 6) is 1.70. The van der Waals surface area contributed by atoms with Crippen molar-refractivity contribution >= 4 is 23.7 Å². The molecule has 2 N–H and O–H groups in total. The first-order chi connectivity index (χ1) is 10.2. The molecule has 0 aliphatic heterocycles. The Hall–Kier alpha value is -1.83. The molecule has 8 heteroatoms. The number of nitrogens with zero attached hydrogens (tertiary/aromatic N) is 5. The summed E-state index contributed by atoms with van der Waals surface area (Å²) in [4.78, 5) is 17.2. The smallest absolute Gasteiger partial charge is 0.241 e. The Bertz CT molecular complexity index is 589. The fourth-order valence-electron chi connectivity index (χ4n) is 2.31. The van der Waals surface area contributed by atoms with Crippen molar-refractivity contribution in [2.24, 2.45) is 0 Å². The van der Waals surface area contributed by atoms with Gasteiger partial charge in [0.1, 0.15) is 6.33 Å². The van der Waals surface area contributed by atoms with Crippen LogP contribution in [0.25, 0.3) is 5.95 Å². The van der Waals surface area contributed by atoms with Crippen molar-refractivity contribution in [3.8, 4) is 5.95 Å². The molecule has 0 atom stereocenters. The molecule has 0 amide bonds. The van der Waals surface area contributed by atoms with Crippen LogP contribution in [-0.4, -0.2) is 49.1 Å².